The zero-order chi connectivity index (χ0) is 20.5. The number of rotatable bonds is 8. The monoisotopic (exact) mass is 382 g/mol. The SMILES string of the molecule is CCNC(=O)c1ccc(NCC(=O)Nc2cccc(NC(=O)CC)c2C)cc1. The number of benzene rings is 2. The summed E-state index contributed by atoms with van der Waals surface area (Å²) in [6.45, 7) is 6.13. The van der Waals surface area contributed by atoms with Gasteiger partial charge in [0.15, 0.2) is 0 Å². The lowest BCUT2D eigenvalue weighted by Gasteiger charge is -2.14. The summed E-state index contributed by atoms with van der Waals surface area (Å²) in [5.41, 5.74) is 3.43. The number of hydrogen-bond donors (Lipinski definition) is 4. The highest BCUT2D eigenvalue weighted by atomic mass is 16.2. The van der Waals surface area contributed by atoms with E-state index in [0.717, 1.165) is 11.3 Å². The zero-order valence-electron chi connectivity index (χ0n) is 16.4. The predicted octanol–water partition coefficient (Wildman–Crippen LogP) is 3.14. The average molecular weight is 382 g/mol. The Morgan fingerprint density at radius 3 is 2.04 bits per heavy atom. The minimum absolute atomic E-state index is 0.0749. The van der Waals surface area contributed by atoms with Crippen LogP contribution in [0.3, 0.4) is 0 Å². The molecule has 0 aliphatic carbocycles. The molecule has 3 amide bonds. The van der Waals surface area contributed by atoms with Gasteiger partial charge in [-0.2, -0.15) is 0 Å². The number of amides is 3. The van der Waals surface area contributed by atoms with Crippen molar-refractivity contribution in [2.24, 2.45) is 0 Å². The normalized spacial score (nSPS) is 10.1. The van der Waals surface area contributed by atoms with Gasteiger partial charge in [-0.3, -0.25) is 14.4 Å². The molecule has 7 nitrogen and oxygen atoms in total. The molecule has 0 aliphatic rings. The summed E-state index contributed by atoms with van der Waals surface area (Å²) in [5.74, 6) is -0.420. The second kappa shape index (κ2) is 10.1. The van der Waals surface area contributed by atoms with Crippen molar-refractivity contribution in [3.8, 4) is 0 Å². The molecule has 0 atom stereocenters. The summed E-state index contributed by atoms with van der Waals surface area (Å²) in [5, 5.41) is 11.4. The summed E-state index contributed by atoms with van der Waals surface area (Å²) in [6, 6.07) is 12.3. The first-order valence-electron chi connectivity index (χ1n) is 9.26. The van der Waals surface area contributed by atoms with Crippen LogP contribution < -0.4 is 21.3 Å². The molecule has 0 saturated heterocycles. The molecule has 2 aromatic rings. The minimum Gasteiger partial charge on any atom is -0.376 e. The Labute approximate surface area is 164 Å². The van der Waals surface area contributed by atoms with Gasteiger partial charge in [-0.25, -0.2) is 0 Å². The lowest BCUT2D eigenvalue weighted by atomic mass is 10.1. The third kappa shape index (κ3) is 5.84. The predicted molar refractivity (Wildman–Crippen MR) is 112 cm³/mol. The van der Waals surface area contributed by atoms with Crippen LogP contribution >= 0.6 is 0 Å². The molecule has 0 fully saturated rings. The van der Waals surface area contributed by atoms with Gasteiger partial charge in [0.2, 0.25) is 11.8 Å². The molecule has 0 bridgehead atoms. The van der Waals surface area contributed by atoms with E-state index in [1.54, 1.807) is 49.4 Å². The molecular formula is C21H26N4O3. The van der Waals surface area contributed by atoms with Crippen LogP contribution in [0.5, 0.6) is 0 Å². The van der Waals surface area contributed by atoms with Crippen molar-refractivity contribution in [2.45, 2.75) is 27.2 Å². The molecule has 0 spiro atoms. The molecule has 0 radical (unpaired) electrons. The Hall–Kier alpha value is -3.35. The van der Waals surface area contributed by atoms with E-state index in [4.69, 9.17) is 0 Å². The minimum atomic E-state index is -0.213. The molecule has 0 aliphatic heterocycles. The standard InChI is InChI=1S/C21H26N4O3/c1-4-19(26)24-17-7-6-8-18(14(17)3)25-20(27)13-23-16-11-9-15(10-12-16)21(28)22-5-2/h6-12,23H,4-5,13H2,1-3H3,(H,22,28)(H,24,26)(H,25,27). The van der Waals surface area contributed by atoms with Gasteiger partial charge in [-0.15, -0.1) is 0 Å². The maximum atomic E-state index is 12.3. The van der Waals surface area contributed by atoms with E-state index in [1.807, 2.05) is 13.8 Å². The summed E-state index contributed by atoms with van der Waals surface area (Å²) < 4.78 is 0. The van der Waals surface area contributed by atoms with E-state index in [1.165, 1.54) is 0 Å². The number of anilines is 3. The zero-order valence-corrected chi connectivity index (χ0v) is 16.4. The van der Waals surface area contributed by atoms with Crippen LogP contribution in [0.15, 0.2) is 42.5 Å². The van der Waals surface area contributed by atoms with E-state index in [0.29, 0.717) is 29.9 Å². The van der Waals surface area contributed by atoms with Crippen molar-refractivity contribution >= 4 is 34.8 Å². The molecule has 0 saturated carbocycles. The van der Waals surface area contributed by atoms with E-state index in [2.05, 4.69) is 21.3 Å². The molecule has 0 aromatic heterocycles. The number of hydrogen-bond acceptors (Lipinski definition) is 4. The van der Waals surface area contributed by atoms with Gasteiger partial charge in [-0.1, -0.05) is 13.0 Å². The summed E-state index contributed by atoms with van der Waals surface area (Å²) >= 11 is 0. The Morgan fingerprint density at radius 1 is 0.857 bits per heavy atom. The Morgan fingerprint density at radius 2 is 1.46 bits per heavy atom. The first kappa shape index (κ1) is 21.0. The van der Waals surface area contributed by atoms with Crippen molar-refractivity contribution in [2.75, 3.05) is 29.0 Å². The fourth-order valence-corrected chi connectivity index (χ4v) is 2.52. The Kier molecular flexibility index (Phi) is 7.56. The van der Waals surface area contributed by atoms with E-state index in [9.17, 15) is 14.4 Å². The highest BCUT2D eigenvalue weighted by Gasteiger charge is 2.10. The number of carbonyl (C=O) groups excluding carboxylic acids is 3. The highest BCUT2D eigenvalue weighted by Crippen LogP contribution is 2.23. The van der Waals surface area contributed by atoms with E-state index >= 15 is 0 Å². The van der Waals surface area contributed by atoms with Gasteiger partial charge in [0, 0.05) is 35.6 Å². The lowest BCUT2D eigenvalue weighted by molar-refractivity contribution is -0.116. The van der Waals surface area contributed by atoms with Crippen LogP contribution in [-0.2, 0) is 9.59 Å². The molecule has 7 heteroatoms. The van der Waals surface area contributed by atoms with Crippen LogP contribution in [0.4, 0.5) is 17.1 Å². The maximum absolute atomic E-state index is 12.3. The highest BCUT2D eigenvalue weighted by molar-refractivity contribution is 5.97. The Balaban J connectivity index is 1.93. The van der Waals surface area contributed by atoms with Crippen molar-refractivity contribution in [3.63, 3.8) is 0 Å². The molecule has 2 rings (SSSR count). The number of carbonyl (C=O) groups is 3. The fourth-order valence-electron chi connectivity index (χ4n) is 2.52. The molecule has 4 N–H and O–H groups in total. The van der Waals surface area contributed by atoms with E-state index in [-0.39, 0.29) is 24.3 Å². The molecule has 148 valence electrons. The molecular weight excluding hydrogens is 356 g/mol. The van der Waals surface area contributed by atoms with Gasteiger partial charge in [-0.05, 0) is 55.8 Å². The largest absolute Gasteiger partial charge is 0.376 e. The molecule has 2 aromatic carbocycles. The molecule has 0 unspecified atom stereocenters. The topological polar surface area (TPSA) is 99.3 Å². The van der Waals surface area contributed by atoms with Gasteiger partial charge in [0.05, 0.1) is 6.54 Å². The van der Waals surface area contributed by atoms with Crippen molar-refractivity contribution in [1.82, 2.24) is 5.32 Å². The van der Waals surface area contributed by atoms with Crippen molar-refractivity contribution in [1.29, 1.82) is 0 Å². The van der Waals surface area contributed by atoms with Gasteiger partial charge in [0.25, 0.3) is 5.91 Å². The second-order valence-electron chi connectivity index (χ2n) is 6.22. The number of nitrogens with one attached hydrogen (secondary N) is 4. The van der Waals surface area contributed by atoms with Crippen molar-refractivity contribution in [3.05, 3.63) is 53.6 Å². The third-order valence-corrected chi connectivity index (χ3v) is 4.14. The van der Waals surface area contributed by atoms with Crippen LogP contribution in [0.2, 0.25) is 0 Å². The summed E-state index contributed by atoms with van der Waals surface area (Å²) in [4.78, 5) is 35.6. The quantitative estimate of drug-likeness (QED) is 0.564. The Bertz CT molecular complexity index is 847. The first-order valence-corrected chi connectivity index (χ1v) is 9.26. The lowest BCUT2D eigenvalue weighted by Crippen LogP contribution is -2.23. The van der Waals surface area contributed by atoms with Gasteiger partial charge < -0.3 is 21.3 Å². The van der Waals surface area contributed by atoms with Crippen LogP contribution in [0, 0.1) is 6.92 Å². The van der Waals surface area contributed by atoms with Crippen LogP contribution in [-0.4, -0.2) is 30.8 Å². The smallest absolute Gasteiger partial charge is 0.251 e. The van der Waals surface area contributed by atoms with Gasteiger partial charge >= 0.3 is 0 Å². The third-order valence-electron chi connectivity index (χ3n) is 4.14. The summed E-state index contributed by atoms with van der Waals surface area (Å²) in [6.07, 6.45) is 0.388. The first-order chi connectivity index (χ1) is 13.4. The second-order valence-corrected chi connectivity index (χ2v) is 6.22. The summed E-state index contributed by atoms with van der Waals surface area (Å²) in [7, 11) is 0. The molecule has 28 heavy (non-hydrogen) atoms. The van der Waals surface area contributed by atoms with Crippen LogP contribution in [0.1, 0.15) is 36.2 Å². The van der Waals surface area contributed by atoms with Gasteiger partial charge in [0.1, 0.15) is 0 Å². The average Bonchev–Trinajstić information content (AvgIpc) is 2.70. The van der Waals surface area contributed by atoms with Crippen molar-refractivity contribution < 1.29 is 14.4 Å². The molecule has 0 heterocycles. The van der Waals surface area contributed by atoms with E-state index < -0.39 is 0 Å². The fraction of sp³-hybridized carbons (Fsp3) is 0.286. The van der Waals surface area contributed by atoms with Crippen LogP contribution in [0.25, 0.3) is 0 Å². The maximum Gasteiger partial charge on any atom is 0.251 e.